The summed E-state index contributed by atoms with van der Waals surface area (Å²) >= 11 is 1.28. The normalized spacial score (nSPS) is 11.2. The molecule has 1 amide bonds. The number of halogens is 2. The number of carbonyl (C=O) groups excluding carboxylic acids is 1. The Labute approximate surface area is 170 Å². The molecule has 3 aromatic heterocycles. The minimum atomic E-state index is -0.688. The van der Waals surface area contributed by atoms with E-state index in [-0.39, 0.29) is 18.0 Å². The Bertz CT molecular complexity index is 1210. The summed E-state index contributed by atoms with van der Waals surface area (Å²) in [5, 5.41) is 4.39. The molecule has 0 atom stereocenters. The van der Waals surface area contributed by atoms with Crippen molar-refractivity contribution in [2.75, 3.05) is 0 Å². The van der Waals surface area contributed by atoms with Gasteiger partial charge in [0.2, 0.25) is 0 Å². The molecule has 0 aliphatic heterocycles. The maximum atomic E-state index is 13.8. The molecule has 0 saturated carbocycles. The third-order valence-electron chi connectivity index (χ3n) is 4.66. The Morgan fingerprint density at radius 3 is 2.86 bits per heavy atom. The summed E-state index contributed by atoms with van der Waals surface area (Å²) in [4.78, 5) is 22.1. The number of aromatic nitrogens is 3. The van der Waals surface area contributed by atoms with Gasteiger partial charge in [-0.1, -0.05) is 6.07 Å². The standard InChI is InChI=1S/C21H18F2N4OS/c1-3-27-11-16(15-5-4-8-24-19(15)27)21-26-12(2)18(29-21)20(28)25-10-13-6-7-14(22)9-17(13)23/h4-9,11H,3,10H2,1-2H3,(H,25,28). The van der Waals surface area contributed by atoms with Crippen molar-refractivity contribution >= 4 is 28.3 Å². The number of hydrogen-bond donors (Lipinski definition) is 1. The van der Waals surface area contributed by atoms with Gasteiger partial charge in [0, 0.05) is 48.1 Å². The number of thiazole rings is 1. The Morgan fingerprint density at radius 1 is 1.28 bits per heavy atom. The van der Waals surface area contributed by atoms with Crippen molar-refractivity contribution in [1.82, 2.24) is 19.9 Å². The predicted octanol–water partition coefficient (Wildman–Crippen LogP) is 4.70. The van der Waals surface area contributed by atoms with Gasteiger partial charge in [-0.15, -0.1) is 11.3 Å². The third kappa shape index (κ3) is 3.63. The van der Waals surface area contributed by atoms with Crippen molar-refractivity contribution < 1.29 is 13.6 Å². The lowest BCUT2D eigenvalue weighted by Crippen LogP contribution is -2.23. The van der Waals surface area contributed by atoms with Gasteiger partial charge in [-0.3, -0.25) is 4.79 Å². The molecule has 148 valence electrons. The van der Waals surface area contributed by atoms with Gasteiger partial charge in [0.25, 0.3) is 5.91 Å². The predicted molar refractivity (Wildman–Crippen MR) is 109 cm³/mol. The van der Waals surface area contributed by atoms with Crippen molar-refractivity contribution in [1.29, 1.82) is 0 Å². The molecule has 0 fully saturated rings. The number of pyridine rings is 1. The molecule has 0 saturated heterocycles. The van der Waals surface area contributed by atoms with Crippen molar-refractivity contribution in [3.05, 3.63) is 70.5 Å². The topological polar surface area (TPSA) is 59.8 Å². The van der Waals surface area contributed by atoms with Crippen LogP contribution < -0.4 is 5.32 Å². The molecule has 8 heteroatoms. The third-order valence-corrected chi connectivity index (χ3v) is 5.85. The molecule has 0 unspecified atom stereocenters. The SMILES string of the molecule is CCn1cc(-c2nc(C)c(C(=O)NCc3ccc(F)cc3F)s2)c2cccnc21. The minimum absolute atomic E-state index is 0.0311. The fourth-order valence-electron chi connectivity index (χ4n) is 3.18. The first kappa shape index (κ1) is 19.2. The number of benzene rings is 1. The molecule has 4 rings (SSSR count). The highest BCUT2D eigenvalue weighted by Crippen LogP contribution is 2.34. The largest absolute Gasteiger partial charge is 0.347 e. The van der Waals surface area contributed by atoms with Gasteiger partial charge < -0.3 is 9.88 Å². The van der Waals surface area contributed by atoms with Gasteiger partial charge in [-0.2, -0.15) is 0 Å². The lowest BCUT2D eigenvalue weighted by molar-refractivity contribution is 0.0954. The number of aryl methyl sites for hydroxylation is 2. The van der Waals surface area contributed by atoms with Gasteiger partial charge >= 0.3 is 0 Å². The van der Waals surface area contributed by atoms with Crippen LogP contribution in [0.5, 0.6) is 0 Å². The molecule has 5 nitrogen and oxygen atoms in total. The van der Waals surface area contributed by atoms with Crippen LogP contribution >= 0.6 is 11.3 Å². The monoisotopic (exact) mass is 412 g/mol. The van der Waals surface area contributed by atoms with E-state index in [0.717, 1.165) is 40.3 Å². The number of rotatable bonds is 5. The molecule has 1 N–H and O–H groups in total. The molecule has 1 aromatic carbocycles. The quantitative estimate of drug-likeness (QED) is 0.517. The van der Waals surface area contributed by atoms with E-state index in [9.17, 15) is 13.6 Å². The highest BCUT2D eigenvalue weighted by Gasteiger charge is 2.19. The Hall–Kier alpha value is -3.13. The Kier molecular flexibility index (Phi) is 5.10. The van der Waals surface area contributed by atoms with E-state index in [2.05, 4.69) is 15.3 Å². The van der Waals surface area contributed by atoms with Crippen LogP contribution in [0, 0.1) is 18.6 Å². The van der Waals surface area contributed by atoms with Crippen molar-refractivity contribution in [2.45, 2.75) is 26.9 Å². The van der Waals surface area contributed by atoms with Crippen LogP contribution in [0.15, 0.2) is 42.7 Å². The summed E-state index contributed by atoms with van der Waals surface area (Å²) in [5.41, 5.74) is 2.62. The van der Waals surface area contributed by atoms with E-state index in [4.69, 9.17) is 0 Å². The van der Waals surface area contributed by atoms with Gasteiger partial charge in [-0.25, -0.2) is 18.7 Å². The molecule has 0 aliphatic carbocycles. The van der Waals surface area contributed by atoms with E-state index in [1.807, 2.05) is 29.8 Å². The number of fused-ring (bicyclic) bond motifs is 1. The highest BCUT2D eigenvalue weighted by molar-refractivity contribution is 7.17. The van der Waals surface area contributed by atoms with Crippen LogP contribution in [-0.2, 0) is 13.1 Å². The number of hydrogen-bond acceptors (Lipinski definition) is 4. The zero-order valence-electron chi connectivity index (χ0n) is 15.9. The zero-order chi connectivity index (χ0) is 20.5. The Morgan fingerprint density at radius 2 is 2.10 bits per heavy atom. The number of nitrogens with zero attached hydrogens (tertiary/aromatic N) is 3. The maximum absolute atomic E-state index is 13.8. The molecule has 0 aliphatic rings. The van der Waals surface area contributed by atoms with Gasteiger partial charge in [0.05, 0.1) is 5.69 Å². The van der Waals surface area contributed by atoms with E-state index < -0.39 is 11.6 Å². The number of amides is 1. The van der Waals surface area contributed by atoms with E-state index in [0.29, 0.717) is 10.6 Å². The lowest BCUT2D eigenvalue weighted by Gasteiger charge is -2.05. The summed E-state index contributed by atoms with van der Waals surface area (Å²) in [6.07, 6.45) is 3.74. The van der Waals surface area contributed by atoms with Crippen LogP contribution in [0.25, 0.3) is 21.6 Å². The van der Waals surface area contributed by atoms with E-state index in [1.165, 1.54) is 17.4 Å². The second-order valence-corrected chi connectivity index (χ2v) is 7.55. The fraction of sp³-hybridized carbons (Fsp3) is 0.190. The van der Waals surface area contributed by atoms with Gasteiger partial charge in [-0.05, 0) is 32.0 Å². The summed E-state index contributed by atoms with van der Waals surface area (Å²) < 4.78 is 28.8. The van der Waals surface area contributed by atoms with Crippen LogP contribution in [0.2, 0.25) is 0 Å². The molecule has 0 radical (unpaired) electrons. The average Bonchev–Trinajstić information content (AvgIpc) is 3.27. The van der Waals surface area contributed by atoms with E-state index >= 15 is 0 Å². The van der Waals surface area contributed by atoms with Crippen LogP contribution in [0.4, 0.5) is 8.78 Å². The first-order valence-electron chi connectivity index (χ1n) is 9.11. The van der Waals surface area contributed by atoms with Crippen molar-refractivity contribution in [3.63, 3.8) is 0 Å². The molecular formula is C21H18F2N4OS. The number of carbonyl (C=O) groups is 1. The first-order valence-corrected chi connectivity index (χ1v) is 9.93. The van der Waals surface area contributed by atoms with Crippen molar-refractivity contribution in [2.24, 2.45) is 0 Å². The fourth-order valence-corrected chi connectivity index (χ4v) is 4.18. The molecule has 3 heterocycles. The highest BCUT2D eigenvalue weighted by atomic mass is 32.1. The van der Waals surface area contributed by atoms with Gasteiger partial charge in [0.1, 0.15) is 27.2 Å². The smallest absolute Gasteiger partial charge is 0.263 e. The Balaban J connectivity index is 1.60. The minimum Gasteiger partial charge on any atom is -0.347 e. The van der Waals surface area contributed by atoms with E-state index in [1.54, 1.807) is 13.1 Å². The molecule has 4 aromatic rings. The first-order chi connectivity index (χ1) is 14.0. The second kappa shape index (κ2) is 7.71. The van der Waals surface area contributed by atoms with Crippen LogP contribution in [0.1, 0.15) is 27.9 Å². The summed E-state index contributed by atoms with van der Waals surface area (Å²) in [5.74, 6) is -1.68. The van der Waals surface area contributed by atoms with Crippen LogP contribution in [-0.4, -0.2) is 20.4 Å². The number of nitrogens with one attached hydrogen (secondary N) is 1. The maximum Gasteiger partial charge on any atom is 0.263 e. The average molecular weight is 412 g/mol. The molecule has 0 bridgehead atoms. The summed E-state index contributed by atoms with van der Waals surface area (Å²) in [6.45, 7) is 4.55. The molecular weight excluding hydrogens is 394 g/mol. The molecule has 0 spiro atoms. The summed E-state index contributed by atoms with van der Waals surface area (Å²) in [7, 11) is 0. The van der Waals surface area contributed by atoms with Crippen LogP contribution in [0.3, 0.4) is 0 Å². The van der Waals surface area contributed by atoms with Crippen molar-refractivity contribution in [3.8, 4) is 10.6 Å². The summed E-state index contributed by atoms with van der Waals surface area (Å²) in [6, 6.07) is 7.14. The second-order valence-electron chi connectivity index (χ2n) is 6.56. The zero-order valence-corrected chi connectivity index (χ0v) is 16.7. The molecule has 29 heavy (non-hydrogen) atoms. The van der Waals surface area contributed by atoms with Gasteiger partial charge in [0.15, 0.2) is 0 Å². The lowest BCUT2D eigenvalue weighted by atomic mass is 10.2.